The van der Waals surface area contributed by atoms with Crippen LogP contribution in [0.3, 0.4) is 0 Å². The fraction of sp³-hybridized carbons (Fsp3) is 0.407. The van der Waals surface area contributed by atoms with Gasteiger partial charge in [-0.25, -0.2) is 0 Å². The van der Waals surface area contributed by atoms with E-state index < -0.39 is 6.04 Å². The van der Waals surface area contributed by atoms with Gasteiger partial charge in [-0.1, -0.05) is 30.3 Å². The van der Waals surface area contributed by atoms with Gasteiger partial charge in [0.2, 0.25) is 5.91 Å². The zero-order chi connectivity index (χ0) is 23.5. The number of hydrogen-bond acceptors (Lipinski definition) is 4. The molecule has 0 unspecified atom stereocenters. The van der Waals surface area contributed by atoms with Gasteiger partial charge in [0.05, 0.1) is 0 Å². The molecule has 0 saturated carbocycles. The van der Waals surface area contributed by atoms with Gasteiger partial charge in [0.1, 0.15) is 6.04 Å². The van der Waals surface area contributed by atoms with Crippen molar-refractivity contribution in [2.75, 3.05) is 46.3 Å². The Bertz CT molecular complexity index is 1130. The molecule has 0 bridgehead atoms. The highest BCUT2D eigenvalue weighted by atomic mass is 16.2. The Morgan fingerprint density at radius 2 is 1.68 bits per heavy atom. The fourth-order valence-electron chi connectivity index (χ4n) is 5.19. The molecule has 2 saturated heterocycles. The monoisotopic (exact) mass is 459 g/mol. The van der Waals surface area contributed by atoms with E-state index in [1.807, 2.05) is 59.6 Å². The van der Waals surface area contributed by atoms with Crippen molar-refractivity contribution in [2.45, 2.75) is 24.9 Å². The number of aromatic amines is 1. The number of likely N-dealkylation sites (tertiary alicyclic amines) is 1. The lowest BCUT2D eigenvalue weighted by atomic mass is 10.0. The number of piperidine rings is 1. The number of rotatable bonds is 5. The quantitative estimate of drug-likeness (QED) is 0.616. The smallest absolute Gasteiger partial charge is 0.252 e. The van der Waals surface area contributed by atoms with Crippen LogP contribution >= 0.6 is 0 Å². The maximum absolute atomic E-state index is 13.6. The summed E-state index contributed by atoms with van der Waals surface area (Å²) in [6.07, 6.45) is 4.24. The van der Waals surface area contributed by atoms with E-state index in [1.165, 1.54) is 12.8 Å². The Labute approximate surface area is 200 Å². The van der Waals surface area contributed by atoms with E-state index in [1.54, 1.807) is 6.07 Å². The molecule has 2 fully saturated rings. The first kappa shape index (κ1) is 22.6. The summed E-state index contributed by atoms with van der Waals surface area (Å²) in [7, 11) is 2.18. The van der Waals surface area contributed by atoms with E-state index in [2.05, 4.69) is 27.1 Å². The molecular weight excluding hydrogens is 426 g/mol. The molecule has 3 aromatic rings. The van der Waals surface area contributed by atoms with E-state index in [0.717, 1.165) is 42.6 Å². The third-order valence-electron chi connectivity index (χ3n) is 7.30. The summed E-state index contributed by atoms with van der Waals surface area (Å²) in [5.74, 6) is -0.277. The Kier molecular flexibility index (Phi) is 6.65. The Morgan fingerprint density at radius 1 is 0.941 bits per heavy atom. The minimum atomic E-state index is -0.703. The highest BCUT2D eigenvalue weighted by Gasteiger charge is 2.32. The summed E-state index contributed by atoms with van der Waals surface area (Å²) < 4.78 is 0. The Balaban J connectivity index is 1.28. The maximum Gasteiger partial charge on any atom is 0.252 e. The van der Waals surface area contributed by atoms with E-state index >= 15 is 0 Å². The minimum Gasteiger partial charge on any atom is -0.361 e. The molecule has 5 rings (SSSR count). The van der Waals surface area contributed by atoms with Gasteiger partial charge in [-0.2, -0.15) is 0 Å². The van der Waals surface area contributed by atoms with Gasteiger partial charge in [-0.3, -0.25) is 14.5 Å². The maximum atomic E-state index is 13.6. The third-order valence-corrected chi connectivity index (χ3v) is 7.30. The molecule has 34 heavy (non-hydrogen) atoms. The largest absolute Gasteiger partial charge is 0.361 e. The molecule has 7 nitrogen and oxygen atoms in total. The highest BCUT2D eigenvalue weighted by molar-refractivity contribution is 6.00. The van der Waals surface area contributed by atoms with Crippen molar-refractivity contribution in [3.05, 3.63) is 71.9 Å². The van der Waals surface area contributed by atoms with Gasteiger partial charge in [0, 0.05) is 54.9 Å². The molecule has 2 N–H and O–H groups in total. The highest BCUT2D eigenvalue weighted by Crippen LogP contribution is 2.22. The number of nitrogens with zero attached hydrogens (tertiary/aromatic N) is 3. The first-order valence-corrected chi connectivity index (χ1v) is 12.2. The van der Waals surface area contributed by atoms with Crippen LogP contribution in [0, 0.1) is 0 Å². The number of piperazine rings is 1. The van der Waals surface area contributed by atoms with Crippen LogP contribution in [-0.2, 0) is 4.79 Å². The van der Waals surface area contributed by atoms with E-state index in [9.17, 15) is 9.59 Å². The number of aromatic nitrogens is 1. The van der Waals surface area contributed by atoms with Crippen LogP contribution in [0.5, 0.6) is 0 Å². The lowest BCUT2D eigenvalue weighted by Crippen LogP contribution is -2.55. The van der Waals surface area contributed by atoms with Crippen molar-refractivity contribution < 1.29 is 9.59 Å². The zero-order valence-electron chi connectivity index (χ0n) is 19.7. The van der Waals surface area contributed by atoms with Crippen molar-refractivity contribution in [2.24, 2.45) is 0 Å². The molecule has 3 heterocycles. The van der Waals surface area contributed by atoms with Crippen LogP contribution in [0.25, 0.3) is 10.9 Å². The number of carbonyl (C=O) groups excluding carboxylic acids is 2. The van der Waals surface area contributed by atoms with Crippen LogP contribution in [0.1, 0.15) is 34.8 Å². The lowest BCUT2D eigenvalue weighted by molar-refractivity contribution is -0.135. The molecule has 0 aliphatic carbocycles. The molecule has 178 valence electrons. The van der Waals surface area contributed by atoms with Gasteiger partial charge in [0.15, 0.2) is 0 Å². The predicted octanol–water partition coefficient (Wildman–Crippen LogP) is 2.88. The molecular formula is C27H33N5O2. The summed E-state index contributed by atoms with van der Waals surface area (Å²) in [4.78, 5) is 36.8. The number of benzene rings is 2. The van der Waals surface area contributed by atoms with Crippen LogP contribution in [0.2, 0.25) is 0 Å². The molecule has 1 atom stereocenters. The van der Waals surface area contributed by atoms with Crippen molar-refractivity contribution in [3.8, 4) is 0 Å². The summed E-state index contributed by atoms with van der Waals surface area (Å²) in [5.41, 5.74) is 2.34. The number of hydrogen-bond donors (Lipinski definition) is 2. The molecule has 0 radical (unpaired) electrons. The Morgan fingerprint density at radius 3 is 2.41 bits per heavy atom. The minimum absolute atomic E-state index is 0.0368. The molecule has 2 aromatic carbocycles. The van der Waals surface area contributed by atoms with Crippen molar-refractivity contribution in [1.29, 1.82) is 0 Å². The summed E-state index contributed by atoms with van der Waals surface area (Å²) in [5, 5.41) is 4.00. The number of nitrogens with one attached hydrogen (secondary N) is 2. The molecule has 7 heteroatoms. The van der Waals surface area contributed by atoms with Gasteiger partial charge < -0.3 is 20.1 Å². The van der Waals surface area contributed by atoms with Crippen molar-refractivity contribution >= 4 is 22.7 Å². The molecule has 2 aliphatic heterocycles. The average Bonchev–Trinajstić information content (AvgIpc) is 3.36. The lowest BCUT2D eigenvalue weighted by Gasteiger charge is -2.42. The SMILES string of the molecule is CN1CCC(N2CCN(C(=O)[C@H](NC(=O)c3ccc4[nH]ccc4c3)c3ccccc3)CC2)CC1. The third kappa shape index (κ3) is 4.86. The number of H-pyrrole nitrogens is 1. The molecule has 1 aromatic heterocycles. The van der Waals surface area contributed by atoms with E-state index in [4.69, 9.17) is 0 Å². The second kappa shape index (κ2) is 9.99. The van der Waals surface area contributed by atoms with Crippen LogP contribution in [0.15, 0.2) is 60.8 Å². The van der Waals surface area contributed by atoms with E-state index in [-0.39, 0.29) is 11.8 Å². The number of amides is 2. The first-order chi connectivity index (χ1) is 16.6. The summed E-state index contributed by atoms with van der Waals surface area (Å²) in [6.45, 7) is 5.44. The summed E-state index contributed by atoms with van der Waals surface area (Å²) in [6, 6.07) is 17.0. The van der Waals surface area contributed by atoms with Crippen molar-refractivity contribution in [1.82, 2.24) is 25.0 Å². The molecule has 2 amide bonds. The number of fused-ring (bicyclic) bond motifs is 1. The van der Waals surface area contributed by atoms with Crippen LogP contribution < -0.4 is 5.32 Å². The van der Waals surface area contributed by atoms with Gasteiger partial charge in [-0.15, -0.1) is 0 Å². The molecule has 0 spiro atoms. The predicted molar refractivity (Wildman–Crippen MR) is 134 cm³/mol. The Hall–Kier alpha value is -3.16. The topological polar surface area (TPSA) is 71.7 Å². The van der Waals surface area contributed by atoms with Crippen molar-refractivity contribution in [3.63, 3.8) is 0 Å². The van der Waals surface area contributed by atoms with Crippen LogP contribution in [-0.4, -0.2) is 83.9 Å². The number of carbonyl (C=O) groups is 2. The first-order valence-electron chi connectivity index (χ1n) is 12.2. The summed E-state index contributed by atoms with van der Waals surface area (Å²) >= 11 is 0. The van der Waals surface area contributed by atoms with Gasteiger partial charge in [0.25, 0.3) is 5.91 Å². The average molecular weight is 460 g/mol. The van der Waals surface area contributed by atoms with Gasteiger partial charge in [-0.05, 0) is 62.8 Å². The fourth-order valence-corrected chi connectivity index (χ4v) is 5.19. The van der Waals surface area contributed by atoms with E-state index in [0.29, 0.717) is 24.7 Å². The normalized spacial score (nSPS) is 19.3. The second-order valence-corrected chi connectivity index (χ2v) is 9.49. The van der Waals surface area contributed by atoms with Gasteiger partial charge >= 0.3 is 0 Å². The standard InChI is InChI=1S/C27H33N5O2/c1-30-13-10-23(11-14-30)31-15-17-32(18-16-31)27(34)25(20-5-3-2-4-6-20)29-26(33)22-7-8-24-21(19-22)9-12-28-24/h2-9,12,19,23,25,28H,10-11,13-18H2,1H3,(H,29,33)/t25-/m1/s1. The second-order valence-electron chi connectivity index (χ2n) is 9.49. The van der Waals surface area contributed by atoms with Crippen LogP contribution in [0.4, 0.5) is 0 Å². The molecule has 2 aliphatic rings. The zero-order valence-corrected chi connectivity index (χ0v) is 19.7.